The first kappa shape index (κ1) is 21.1. The van der Waals surface area contributed by atoms with Crippen molar-refractivity contribution < 1.29 is 4.79 Å². The molecule has 0 spiro atoms. The number of nitrogens with zero attached hydrogens (tertiary/aromatic N) is 5. The van der Waals surface area contributed by atoms with Crippen LogP contribution in [-0.2, 0) is 5.54 Å². The first-order valence-corrected chi connectivity index (χ1v) is 11.0. The fraction of sp³-hybridized carbons (Fsp3) is 0.333. The van der Waals surface area contributed by atoms with Crippen LogP contribution in [-0.4, -0.2) is 66.8 Å². The van der Waals surface area contributed by atoms with Crippen LogP contribution < -0.4 is 15.5 Å². The molecule has 1 fully saturated rings. The summed E-state index contributed by atoms with van der Waals surface area (Å²) in [6, 6.07) is 8.17. The molecule has 170 valence electrons. The number of hydrogen-bond acceptors (Lipinski definition) is 6. The second-order valence-corrected chi connectivity index (χ2v) is 8.78. The summed E-state index contributed by atoms with van der Waals surface area (Å²) in [5, 5.41) is 6.51. The van der Waals surface area contributed by atoms with Crippen LogP contribution in [0, 0.1) is 5.92 Å². The summed E-state index contributed by atoms with van der Waals surface area (Å²) in [5.74, 6) is 1.41. The molecule has 0 saturated carbocycles. The number of fused-ring (bicyclic) bond motifs is 3. The van der Waals surface area contributed by atoms with E-state index in [4.69, 9.17) is 0 Å². The average molecular weight is 445 g/mol. The highest BCUT2D eigenvalue weighted by Gasteiger charge is 2.54. The number of aromatic amines is 1. The van der Waals surface area contributed by atoms with Crippen LogP contribution in [0.4, 0.5) is 16.3 Å². The summed E-state index contributed by atoms with van der Waals surface area (Å²) >= 11 is 0. The molecule has 0 radical (unpaired) electrons. The Morgan fingerprint density at radius 1 is 1.24 bits per heavy atom. The van der Waals surface area contributed by atoms with E-state index < -0.39 is 5.54 Å². The maximum absolute atomic E-state index is 13.4. The largest absolute Gasteiger partial charge is 0.378 e. The summed E-state index contributed by atoms with van der Waals surface area (Å²) in [6.45, 7) is 2.58. The van der Waals surface area contributed by atoms with Crippen molar-refractivity contribution in [2.75, 3.05) is 32.6 Å². The molecule has 5 rings (SSSR count). The number of likely N-dealkylation sites (N-methyl/N-ethyl adjacent to an activating group) is 1. The number of imidazole rings is 1. The lowest BCUT2D eigenvalue weighted by atomic mass is 9.85. The Balaban J connectivity index is 1.58. The standard InChI is InChI=1S/C24H28N8O/c1-15-11-16(5-10-19(15)25-2)12-32-22-24(30-23(32)33,17-6-8-18(9-7-17)31(3)4)20-21(27-13-26-20)28-14-29-22/h5-11,13-15,19,25H,12H2,1-4H3,(H,26,27)(H,30,33). The number of nitrogens with one attached hydrogen (secondary N) is 3. The van der Waals surface area contributed by atoms with Crippen molar-refractivity contribution in [3.8, 4) is 0 Å². The molecule has 3 N–H and O–H groups in total. The number of benzene rings is 1. The maximum Gasteiger partial charge on any atom is 0.324 e. The Bertz CT molecular complexity index is 1190. The second kappa shape index (κ2) is 8.00. The van der Waals surface area contributed by atoms with Gasteiger partial charge in [-0.2, -0.15) is 0 Å². The van der Waals surface area contributed by atoms with Gasteiger partial charge < -0.3 is 20.5 Å². The quantitative estimate of drug-likeness (QED) is 0.660. The molecule has 3 heterocycles. The van der Waals surface area contributed by atoms with Crippen molar-refractivity contribution in [1.82, 2.24) is 25.5 Å². The van der Waals surface area contributed by atoms with Gasteiger partial charge in [-0.05, 0) is 36.2 Å². The summed E-state index contributed by atoms with van der Waals surface area (Å²) in [5.41, 5.74) is 2.70. The van der Waals surface area contributed by atoms with Crippen molar-refractivity contribution in [3.63, 3.8) is 0 Å². The van der Waals surface area contributed by atoms with Gasteiger partial charge in [0, 0.05) is 25.8 Å². The van der Waals surface area contributed by atoms with Crippen molar-refractivity contribution in [2.24, 2.45) is 15.9 Å². The maximum atomic E-state index is 13.4. The average Bonchev–Trinajstić information content (AvgIpc) is 3.34. The van der Waals surface area contributed by atoms with Crippen LogP contribution in [0.15, 0.2) is 64.4 Å². The molecule has 9 nitrogen and oxygen atoms in total. The fourth-order valence-electron chi connectivity index (χ4n) is 4.77. The number of amides is 2. The number of urea groups is 1. The van der Waals surface area contributed by atoms with Gasteiger partial charge in [0.2, 0.25) is 0 Å². The molecule has 1 saturated heterocycles. The van der Waals surface area contributed by atoms with Gasteiger partial charge in [0.25, 0.3) is 0 Å². The zero-order valence-electron chi connectivity index (χ0n) is 19.2. The molecule has 2 aromatic rings. The monoisotopic (exact) mass is 444 g/mol. The Morgan fingerprint density at radius 3 is 2.73 bits per heavy atom. The molecule has 0 bridgehead atoms. The zero-order chi connectivity index (χ0) is 23.2. The number of carbonyl (C=O) groups excluding carboxylic acids is 1. The van der Waals surface area contributed by atoms with E-state index in [9.17, 15) is 4.79 Å². The summed E-state index contributed by atoms with van der Waals surface area (Å²) in [7, 11) is 5.95. The SMILES string of the molecule is CNC1C=CC(CN2C(=O)NC3(c4ccc(N(C)C)cc4)C2=NC=Nc2nc[nH]c23)=CC1C. The molecule has 9 heteroatoms. The van der Waals surface area contributed by atoms with Gasteiger partial charge >= 0.3 is 6.03 Å². The second-order valence-electron chi connectivity index (χ2n) is 8.78. The summed E-state index contributed by atoms with van der Waals surface area (Å²) in [6.07, 6.45) is 9.50. The molecule has 1 aromatic carbocycles. The van der Waals surface area contributed by atoms with E-state index in [1.807, 2.05) is 50.3 Å². The number of anilines is 1. The highest BCUT2D eigenvalue weighted by atomic mass is 16.2. The molecular weight excluding hydrogens is 416 g/mol. The normalized spacial score (nSPS) is 25.7. The molecule has 1 aromatic heterocycles. The molecule has 3 aliphatic rings. The Labute approximate surface area is 193 Å². The van der Waals surface area contributed by atoms with Crippen molar-refractivity contribution in [1.29, 1.82) is 0 Å². The molecule has 33 heavy (non-hydrogen) atoms. The zero-order valence-corrected chi connectivity index (χ0v) is 19.2. The van der Waals surface area contributed by atoms with E-state index in [1.165, 1.54) is 6.34 Å². The van der Waals surface area contributed by atoms with Gasteiger partial charge in [-0.3, -0.25) is 4.90 Å². The van der Waals surface area contributed by atoms with Crippen LogP contribution in [0.1, 0.15) is 18.2 Å². The number of H-pyrrole nitrogens is 1. The number of aromatic nitrogens is 2. The molecule has 2 amide bonds. The van der Waals surface area contributed by atoms with Gasteiger partial charge in [0.1, 0.15) is 6.34 Å². The minimum atomic E-state index is -1.01. The van der Waals surface area contributed by atoms with E-state index in [1.54, 1.807) is 11.2 Å². The highest BCUT2D eigenvalue weighted by molar-refractivity contribution is 6.15. The molecule has 2 aliphatic heterocycles. The third kappa shape index (κ3) is 3.36. The first-order valence-electron chi connectivity index (χ1n) is 11.0. The van der Waals surface area contributed by atoms with Crippen molar-refractivity contribution in [3.05, 3.63) is 65.7 Å². The number of hydrogen-bond donors (Lipinski definition) is 3. The van der Waals surface area contributed by atoms with E-state index in [0.29, 0.717) is 29.8 Å². The molecular formula is C24H28N8O. The smallest absolute Gasteiger partial charge is 0.324 e. The molecule has 3 atom stereocenters. The highest BCUT2D eigenvalue weighted by Crippen LogP contribution is 2.41. The van der Waals surface area contributed by atoms with Crippen molar-refractivity contribution >= 4 is 29.7 Å². The predicted octanol–water partition coefficient (Wildman–Crippen LogP) is 2.54. The van der Waals surface area contributed by atoms with Crippen molar-refractivity contribution in [2.45, 2.75) is 18.5 Å². The van der Waals surface area contributed by atoms with Gasteiger partial charge in [-0.1, -0.05) is 37.3 Å². The summed E-state index contributed by atoms with van der Waals surface area (Å²) < 4.78 is 0. The lowest BCUT2D eigenvalue weighted by Gasteiger charge is -2.30. The van der Waals surface area contributed by atoms with Crippen LogP contribution >= 0.6 is 0 Å². The summed E-state index contributed by atoms with van der Waals surface area (Å²) in [4.78, 5) is 33.8. The molecule has 1 aliphatic carbocycles. The first-order chi connectivity index (χ1) is 15.9. The minimum Gasteiger partial charge on any atom is -0.378 e. The number of rotatable bonds is 5. The molecule has 3 unspecified atom stereocenters. The third-order valence-corrected chi connectivity index (χ3v) is 6.54. The predicted molar refractivity (Wildman–Crippen MR) is 130 cm³/mol. The minimum absolute atomic E-state index is 0.209. The van der Waals surface area contributed by atoms with Crippen LogP contribution in [0.25, 0.3) is 0 Å². The van der Waals surface area contributed by atoms with Crippen LogP contribution in [0.3, 0.4) is 0 Å². The van der Waals surface area contributed by atoms with E-state index in [0.717, 1.165) is 16.8 Å². The Morgan fingerprint density at radius 2 is 2.03 bits per heavy atom. The van der Waals surface area contributed by atoms with Gasteiger partial charge in [0.15, 0.2) is 17.2 Å². The van der Waals surface area contributed by atoms with Crippen LogP contribution in [0.2, 0.25) is 0 Å². The van der Waals surface area contributed by atoms with E-state index >= 15 is 0 Å². The Hall–Kier alpha value is -3.72. The lowest BCUT2D eigenvalue weighted by molar-refractivity contribution is 0.228. The fourth-order valence-corrected chi connectivity index (χ4v) is 4.77. The number of aliphatic imine (C=N–C) groups is 2. The van der Waals surface area contributed by atoms with E-state index in [-0.39, 0.29) is 12.1 Å². The van der Waals surface area contributed by atoms with Gasteiger partial charge in [0.05, 0.1) is 18.6 Å². The Kier molecular flexibility index (Phi) is 5.13. The lowest BCUT2D eigenvalue weighted by Crippen LogP contribution is -2.45. The topological polar surface area (TPSA) is 101 Å². The van der Waals surface area contributed by atoms with Gasteiger partial charge in [-0.25, -0.2) is 19.8 Å². The van der Waals surface area contributed by atoms with Gasteiger partial charge in [-0.15, -0.1) is 0 Å². The third-order valence-electron chi connectivity index (χ3n) is 6.54. The number of carbonyl (C=O) groups is 1. The van der Waals surface area contributed by atoms with E-state index in [2.05, 4.69) is 55.7 Å². The van der Waals surface area contributed by atoms with Crippen LogP contribution in [0.5, 0.6) is 0 Å². The number of amidine groups is 1.